The number of aryl methyl sites for hydroxylation is 2. The van der Waals surface area contributed by atoms with Gasteiger partial charge >= 0.3 is 5.69 Å². The molecule has 5 aromatic rings. The van der Waals surface area contributed by atoms with E-state index in [4.69, 9.17) is 0 Å². The number of aromatic nitrogens is 9. The molecule has 0 aliphatic carbocycles. The maximum Gasteiger partial charge on any atom is 0.335 e. The van der Waals surface area contributed by atoms with Gasteiger partial charge in [0.05, 0.1) is 12.2 Å². The number of imidazole rings is 2. The van der Waals surface area contributed by atoms with Crippen molar-refractivity contribution in [3.8, 4) is 28.5 Å². The quantitative estimate of drug-likeness (QED) is 0.323. The monoisotopic (exact) mass is 483 g/mol. The Labute approximate surface area is 208 Å². The number of rotatable bonds is 10. The lowest BCUT2D eigenvalue weighted by Crippen LogP contribution is -2.26. The van der Waals surface area contributed by atoms with Crippen molar-refractivity contribution < 1.29 is 0 Å². The summed E-state index contributed by atoms with van der Waals surface area (Å²) >= 11 is 0. The Morgan fingerprint density at radius 1 is 0.972 bits per heavy atom. The molecule has 184 valence electrons. The van der Waals surface area contributed by atoms with Crippen molar-refractivity contribution in [3.05, 3.63) is 83.1 Å². The van der Waals surface area contributed by atoms with E-state index in [2.05, 4.69) is 44.4 Å². The number of tetrazole rings is 1. The minimum absolute atomic E-state index is 0.102. The molecule has 0 fully saturated rings. The van der Waals surface area contributed by atoms with Crippen molar-refractivity contribution in [1.82, 2.24) is 44.3 Å². The molecule has 1 aromatic carbocycles. The highest BCUT2D eigenvalue weighted by Crippen LogP contribution is 2.24. The van der Waals surface area contributed by atoms with E-state index >= 15 is 0 Å². The van der Waals surface area contributed by atoms with E-state index < -0.39 is 0 Å². The summed E-state index contributed by atoms with van der Waals surface area (Å²) in [6, 6.07) is 12.0. The van der Waals surface area contributed by atoms with Crippen LogP contribution in [0.15, 0.2) is 66.0 Å². The first-order valence-electron chi connectivity index (χ1n) is 12.3. The predicted octanol–water partition coefficient (Wildman–Crippen LogP) is 3.88. The van der Waals surface area contributed by atoms with Crippen LogP contribution in [0.5, 0.6) is 0 Å². The number of hydrogen-bond acceptors (Lipinski definition) is 6. The maximum atomic E-state index is 13.5. The number of hydrogen-bond donors (Lipinski definition) is 1. The predicted molar refractivity (Wildman–Crippen MR) is 137 cm³/mol. The van der Waals surface area contributed by atoms with Crippen LogP contribution in [0.1, 0.15) is 44.5 Å². The van der Waals surface area contributed by atoms with Crippen LogP contribution in [0.2, 0.25) is 0 Å². The number of benzene rings is 1. The van der Waals surface area contributed by atoms with Gasteiger partial charge in [0.25, 0.3) is 0 Å². The van der Waals surface area contributed by atoms with Crippen LogP contribution >= 0.6 is 0 Å². The molecule has 5 rings (SSSR count). The number of unbranched alkanes of at least 4 members (excludes halogenated alkanes) is 1. The zero-order valence-corrected chi connectivity index (χ0v) is 20.5. The number of nitrogens with zero attached hydrogens (tertiary/aromatic N) is 8. The zero-order valence-electron chi connectivity index (χ0n) is 20.5. The first kappa shape index (κ1) is 23.4. The second-order valence-electron chi connectivity index (χ2n) is 8.75. The molecule has 0 bridgehead atoms. The molecule has 0 saturated carbocycles. The van der Waals surface area contributed by atoms with Gasteiger partial charge in [-0.2, -0.15) is 0 Å². The van der Waals surface area contributed by atoms with Gasteiger partial charge in [-0.05, 0) is 52.6 Å². The fraction of sp³-hybridized carbons (Fsp3) is 0.308. The highest BCUT2D eigenvalue weighted by atomic mass is 16.1. The van der Waals surface area contributed by atoms with Crippen molar-refractivity contribution in [2.45, 2.75) is 52.6 Å². The van der Waals surface area contributed by atoms with E-state index in [0.29, 0.717) is 18.3 Å². The molecule has 0 atom stereocenters. The normalized spacial score (nSPS) is 11.3. The average Bonchev–Trinajstić information content (AvgIpc) is 3.66. The van der Waals surface area contributed by atoms with Gasteiger partial charge in [0.2, 0.25) is 5.95 Å². The first-order valence-corrected chi connectivity index (χ1v) is 12.3. The molecule has 0 aliphatic heterocycles. The fourth-order valence-corrected chi connectivity index (χ4v) is 4.35. The molecule has 0 unspecified atom stereocenters. The molecule has 4 aromatic heterocycles. The number of pyridine rings is 1. The fourth-order valence-electron chi connectivity index (χ4n) is 4.35. The Morgan fingerprint density at radius 2 is 1.83 bits per heavy atom. The smallest absolute Gasteiger partial charge is 0.317 e. The Hall–Kier alpha value is -4.34. The van der Waals surface area contributed by atoms with Crippen LogP contribution in [0.3, 0.4) is 0 Å². The van der Waals surface area contributed by atoms with Gasteiger partial charge in [-0.1, -0.05) is 44.9 Å². The lowest BCUT2D eigenvalue weighted by Gasteiger charge is -2.09. The maximum absolute atomic E-state index is 13.5. The second kappa shape index (κ2) is 10.5. The molecule has 36 heavy (non-hydrogen) atoms. The van der Waals surface area contributed by atoms with Gasteiger partial charge in [-0.15, -0.1) is 5.10 Å². The summed E-state index contributed by atoms with van der Waals surface area (Å²) in [5.41, 5.74) is 4.60. The van der Waals surface area contributed by atoms with Crippen molar-refractivity contribution in [2.24, 2.45) is 0 Å². The third kappa shape index (κ3) is 4.74. The van der Waals surface area contributed by atoms with Crippen molar-refractivity contribution in [3.63, 3.8) is 0 Å². The van der Waals surface area contributed by atoms with Crippen molar-refractivity contribution >= 4 is 0 Å². The van der Waals surface area contributed by atoms with Gasteiger partial charge in [-0.3, -0.25) is 9.55 Å². The molecule has 1 N–H and O–H groups in total. The molecule has 0 amide bonds. The van der Waals surface area contributed by atoms with E-state index in [1.807, 2.05) is 57.9 Å². The van der Waals surface area contributed by atoms with Crippen molar-refractivity contribution in [1.29, 1.82) is 0 Å². The van der Waals surface area contributed by atoms with Crippen LogP contribution in [-0.2, 0) is 19.5 Å². The third-order valence-corrected chi connectivity index (χ3v) is 6.18. The van der Waals surface area contributed by atoms with E-state index in [1.165, 1.54) is 0 Å². The summed E-state index contributed by atoms with van der Waals surface area (Å²) in [4.78, 5) is 22.6. The lowest BCUT2D eigenvalue weighted by atomic mass is 10.0. The first-order chi connectivity index (χ1) is 17.7. The van der Waals surface area contributed by atoms with Gasteiger partial charge in [0.1, 0.15) is 0 Å². The Morgan fingerprint density at radius 3 is 2.64 bits per heavy atom. The molecule has 10 heteroatoms. The molecule has 0 aliphatic rings. The Bertz CT molecular complexity index is 1490. The molecule has 0 spiro atoms. The minimum Gasteiger partial charge on any atom is -0.317 e. The topological polar surface area (TPSA) is 112 Å². The molecule has 10 nitrogen and oxygen atoms in total. The van der Waals surface area contributed by atoms with Gasteiger partial charge < -0.3 is 4.57 Å². The largest absolute Gasteiger partial charge is 0.335 e. The Kier molecular flexibility index (Phi) is 6.83. The van der Waals surface area contributed by atoms with Gasteiger partial charge in [0.15, 0.2) is 5.82 Å². The summed E-state index contributed by atoms with van der Waals surface area (Å²) in [5.74, 6) is 1.27. The van der Waals surface area contributed by atoms with Gasteiger partial charge in [-0.25, -0.2) is 19.4 Å². The highest BCUT2D eigenvalue weighted by Gasteiger charge is 2.16. The molecule has 0 radical (unpaired) electrons. The SMILES string of the molecule is CCCCn1ccnc1-n1cc(CCC)n(Cc2cc(-c3cccc(-c4nnn[nH]4)c3)ccn2)c1=O. The summed E-state index contributed by atoms with van der Waals surface area (Å²) in [5, 5.41) is 14.1. The standard InChI is InChI=1S/C26H29N9O/c1-3-5-13-33-14-12-28-25(33)35-18-23(7-4-2)34(26(35)36)17-22-16-20(10-11-27-22)19-8-6-9-21(15-19)24-29-31-32-30-24/h6,8-12,14-16,18H,3-5,7,13,17H2,1-2H3,(H,29,30,31,32). The average molecular weight is 484 g/mol. The molecular formula is C26H29N9O. The third-order valence-electron chi connectivity index (χ3n) is 6.18. The number of H-pyrrole nitrogens is 1. The van der Waals surface area contributed by atoms with Crippen LogP contribution < -0.4 is 5.69 Å². The number of aromatic amines is 1. The summed E-state index contributed by atoms with van der Waals surface area (Å²) in [6.45, 7) is 5.49. The summed E-state index contributed by atoms with van der Waals surface area (Å²) < 4.78 is 5.52. The molecular weight excluding hydrogens is 454 g/mol. The van der Waals surface area contributed by atoms with E-state index in [9.17, 15) is 4.79 Å². The Balaban J connectivity index is 1.47. The molecule has 0 saturated heterocycles. The minimum atomic E-state index is -0.102. The summed E-state index contributed by atoms with van der Waals surface area (Å²) in [6.07, 6.45) is 11.2. The van der Waals surface area contributed by atoms with E-state index in [-0.39, 0.29) is 5.69 Å². The van der Waals surface area contributed by atoms with Gasteiger partial charge in [0, 0.05) is 42.6 Å². The van der Waals surface area contributed by atoms with Crippen LogP contribution in [0, 0.1) is 0 Å². The molecule has 4 heterocycles. The highest BCUT2D eigenvalue weighted by molar-refractivity contribution is 5.70. The van der Waals surface area contributed by atoms with Crippen LogP contribution in [0.25, 0.3) is 28.5 Å². The van der Waals surface area contributed by atoms with E-state index in [1.54, 1.807) is 17.0 Å². The second-order valence-corrected chi connectivity index (χ2v) is 8.75. The van der Waals surface area contributed by atoms with Crippen LogP contribution in [-0.4, -0.2) is 44.3 Å². The summed E-state index contributed by atoms with van der Waals surface area (Å²) in [7, 11) is 0. The van der Waals surface area contributed by atoms with Crippen molar-refractivity contribution in [2.75, 3.05) is 0 Å². The van der Waals surface area contributed by atoms with E-state index in [0.717, 1.165) is 60.3 Å². The lowest BCUT2D eigenvalue weighted by molar-refractivity contribution is 0.607. The van der Waals surface area contributed by atoms with Crippen LogP contribution in [0.4, 0.5) is 0 Å². The number of nitrogens with one attached hydrogen (secondary N) is 1. The zero-order chi connectivity index (χ0) is 24.9.